The minimum atomic E-state index is -3.91. The van der Waals surface area contributed by atoms with Gasteiger partial charge in [-0.2, -0.15) is 0 Å². The predicted molar refractivity (Wildman–Crippen MR) is 135 cm³/mol. The molecular weight excluding hydrogens is 453 g/mol. The van der Waals surface area contributed by atoms with Crippen molar-refractivity contribution in [2.75, 3.05) is 0 Å². The first-order chi connectivity index (χ1) is 15.5. The molecule has 1 aromatic carbocycles. The van der Waals surface area contributed by atoms with Crippen LogP contribution in [0.25, 0.3) is 10.6 Å². The van der Waals surface area contributed by atoms with Gasteiger partial charge in [-0.1, -0.05) is 48.0 Å². The Labute approximate surface area is 200 Å². The molecule has 4 rings (SSSR count). The fourth-order valence-corrected chi connectivity index (χ4v) is 5.77. The summed E-state index contributed by atoms with van der Waals surface area (Å²) >= 11 is 1.47. The van der Waals surface area contributed by atoms with E-state index in [0.717, 1.165) is 10.4 Å². The second kappa shape index (κ2) is 8.76. The van der Waals surface area contributed by atoms with Gasteiger partial charge in [-0.05, 0) is 64.3 Å². The van der Waals surface area contributed by atoms with Gasteiger partial charge in [0.05, 0.1) is 26.7 Å². The number of thiophene rings is 1. The van der Waals surface area contributed by atoms with E-state index in [2.05, 4.69) is 0 Å². The number of aryl methyl sites for hydroxylation is 1. The molecular formula is C25H28BNO4S2. The standard InChI is InChI=1S/C25H28BNO4S2/c1-19-13-15-20(16-14-19)33(28,29)27-17-9-7-6-8-11-21(23(27)22-12-10-18-32-22)26-30-24(2,3)25(4,5)31-26/h6-18H,1-5H3. The molecule has 1 aliphatic heterocycles. The molecule has 0 radical (unpaired) electrons. The molecule has 3 heterocycles. The van der Waals surface area contributed by atoms with E-state index in [0.29, 0.717) is 11.2 Å². The number of hydrogen-bond donors (Lipinski definition) is 0. The number of nitrogens with zero attached hydrogens (tertiary/aromatic N) is 1. The normalized spacial score (nSPS) is 17.1. The van der Waals surface area contributed by atoms with Crippen LogP contribution in [-0.4, -0.2) is 30.7 Å². The first-order valence-corrected chi connectivity index (χ1v) is 13.1. The summed E-state index contributed by atoms with van der Waals surface area (Å²) in [5.41, 5.74) is 1.02. The summed E-state index contributed by atoms with van der Waals surface area (Å²) in [6.07, 6.45) is 1.58. The van der Waals surface area contributed by atoms with E-state index in [-0.39, 0.29) is 4.90 Å². The van der Waals surface area contributed by atoms with E-state index < -0.39 is 28.3 Å². The SMILES string of the molecule is Cc1ccc(S(=O)(=O)n2ccccccc(B3OC(C)(C)C(C)(C)O3)c2-c2cccs2)cc1. The molecule has 0 amide bonds. The summed E-state index contributed by atoms with van der Waals surface area (Å²) < 4.78 is 41.9. The van der Waals surface area contributed by atoms with E-state index in [1.165, 1.54) is 15.3 Å². The Morgan fingerprint density at radius 1 is 0.848 bits per heavy atom. The fraction of sp³-hybridized carbons (Fsp3) is 0.280. The van der Waals surface area contributed by atoms with Gasteiger partial charge < -0.3 is 9.31 Å². The summed E-state index contributed by atoms with van der Waals surface area (Å²) in [6, 6.07) is 19.8. The minimum Gasteiger partial charge on any atom is -0.399 e. The number of benzene rings is 1. The average Bonchev–Trinajstić information content (AvgIpc) is 3.35. The first kappa shape index (κ1) is 23.8. The van der Waals surface area contributed by atoms with Crippen LogP contribution in [0, 0.1) is 6.92 Å². The smallest absolute Gasteiger partial charge is 0.399 e. The van der Waals surface area contributed by atoms with Crippen LogP contribution in [0.15, 0.2) is 83.2 Å². The maximum atomic E-state index is 13.9. The van der Waals surface area contributed by atoms with E-state index in [9.17, 15) is 8.42 Å². The van der Waals surface area contributed by atoms with Crippen molar-refractivity contribution >= 4 is 33.9 Å². The molecule has 0 saturated carbocycles. The molecule has 1 fully saturated rings. The van der Waals surface area contributed by atoms with Gasteiger partial charge in [-0.15, -0.1) is 11.3 Å². The highest BCUT2D eigenvalue weighted by molar-refractivity contribution is 7.90. The molecule has 0 atom stereocenters. The molecule has 5 nitrogen and oxygen atoms in total. The molecule has 0 bridgehead atoms. The maximum Gasteiger partial charge on any atom is 0.497 e. The average molecular weight is 481 g/mol. The molecule has 1 saturated heterocycles. The predicted octanol–water partition coefficient (Wildman–Crippen LogP) is 5.19. The molecule has 0 aliphatic carbocycles. The monoisotopic (exact) mass is 481 g/mol. The van der Waals surface area contributed by atoms with E-state index >= 15 is 0 Å². The van der Waals surface area contributed by atoms with E-state index in [4.69, 9.17) is 9.31 Å². The van der Waals surface area contributed by atoms with Crippen LogP contribution in [0.2, 0.25) is 0 Å². The van der Waals surface area contributed by atoms with Crippen molar-refractivity contribution in [3.05, 3.63) is 83.9 Å². The lowest BCUT2D eigenvalue weighted by Gasteiger charge is -2.32. The highest BCUT2D eigenvalue weighted by Gasteiger charge is 2.52. The van der Waals surface area contributed by atoms with Gasteiger partial charge in [-0.25, -0.2) is 12.4 Å². The second-order valence-electron chi connectivity index (χ2n) is 9.07. The van der Waals surface area contributed by atoms with Crippen molar-refractivity contribution in [3.8, 4) is 10.6 Å². The minimum absolute atomic E-state index is 0.215. The summed E-state index contributed by atoms with van der Waals surface area (Å²) in [4.78, 5) is 1.01. The third-order valence-corrected chi connectivity index (χ3v) is 8.73. The topological polar surface area (TPSA) is 57.5 Å². The Morgan fingerprint density at radius 3 is 2.09 bits per heavy atom. The largest absolute Gasteiger partial charge is 0.497 e. The van der Waals surface area contributed by atoms with Crippen molar-refractivity contribution < 1.29 is 17.7 Å². The molecule has 8 heteroatoms. The quantitative estimate of drug-likeness (QED) is 0.482. The Balaban J connectivity index is 2.05. The summed E-state index contributed by atoms with van der Waals surface area (Å²) in [5, 5.41) is 1.93. The molecule has 3 aromatic rings. The lowest BCUT2D eigenvalue weighted by molar-refractivity contribution is 0.00578. The van der Waals surface area contributed by atoms with E-state index in [1.807, 2.05) is 70.3 Å². The maximum absolute atomic E-state index is 13.9. The molecule has 1 aliphatic rings. The number of rotatable bonds is 4. The Hall–Kier alpha value is -2.39. The zero-order valence-electron chi connectivity index (χ0n) is 19.5. The highest BCUT2D eigenvalue weighted by atomic mass is 32.2. The summed E-state index contributed by atoms with van der Waals surface area (Å²) in [7, 11) is -4.65. The third-order valence-electron chi connectivity index (χ3n) is 6.16. The van der Waals surface area contributed by atoms with Gasteiger partial charge in [0.25, 0.3) is 10.0 Å². The Kier molecular flexibility index (Phi) is 6.31. The van der Waals surface area contributed by atoms with Crippen LogP contribution < -0.4 is 5.46 Å². The van der Waals surface area contributed by atoms with Crippen molar-refractivity contribution in [1.82, 2.24) is 3.97 Å². The zero-order valence-corrected chi connectivity index (χ0v) is 21.1. The number of aromatic nitrogens is 1. The van der Waals surface area contributed by atoms with Crippen LogP contribution in [0.5, 0.6) is 0 Å². The van der Waals surface area contributed by atoms with Crippen LogP contribution in [-0.2, 0) is 19.3 Å². The van der Waals surface area contributed by atoms with Crippen molar-refractivity contribution in [2.24, 2.45) is 0 Å². The second-order valence-corrected chi connectivity index (χ2v) is 11.8. The van der Waals surface area contributed by atoms with Crippen LogP contribution in [0.4, 0.5) is 0 Å². The molecule has 2 aromatic heterocycles. The first-order valence-electron chi connectivity index (χ1n) is 10.8. The zero-order chi connectivity index (χ0) is 23.9. The molecule has 0 spiro atoms. The van der Waals surface area contributed by atoms with Gasteiger partial charge in [0.1, 0.15) is 0 Å². The molecule has 172 valence electrons. The van der Waals surface area contributed by atoms with Crippen LogP contribution >= 0.6 is 11.3 Å². The van der Waals surface area contributed by atoms with Gasteiger partial charge in [0.15, 0.2) is 0 Å². The third kappa shape index (κ3) is 4.53. The Bertz CT molecular complexity index is 1280. The van der Waals surface area contributed by atoms with Crippen molar-refractivity contribution in [3.63, 3.8) is 0 Å². The number of hydrogen-bond acceptors (Lipinski definition) is 5. The van der Waals surface area contributed by atoms with Crippen molar-refractivity contribution in [2.45, 2.75) is 50.7 Å². The summed E-state index contributed by atoms with van der Waals surface area (Å²) in [6.45, 7) is 9.87. The molecule has 33 heavy (non-hydrogen) atoms. The fourth-order valence-electron chi connectivity index (χ4n) is 3.54. The molecule has 0 N–H and O–H groups in total. The van der Waals surface area contributed by atoms with Gasteiger partial charge in [-0.3, -0.25) is 0 Å². The highest BCUT2D eigenvalue weighted by Crippen LogP contribution is 2.37. The van der Waals surface area contributed by atoms with Crippen molar-refractivity contribution in [1.29, 1.82) is 0 Å². The van der Waals surface area contributed by atoms with Gasteiger partial charge in [0, 0.05) is 11.7 Å². The van der Waals surface area contributed by atoms with Crippen LogP contribution in [0.3, 0.4) is 0 Å². The Morgan fingerprint density at radius 2 is 1.48 bits per heavy atom. The van der Waals surface area contributed by atoms with E-state index in [1.54, 1.807) is 42.6 Å². The lowest BCUT2D eigenvalue weighted by atomic mass is 9.78. The lowest BCUT2D eigenvalue weighted by Crippen LogP contribution is -2.41. The summed E-state index contributed by atoms with van der Waals surface area (Å²) in [5.74, 6) is 0. The molecule has 0 unspecified atom stereocenters. The van der Waals surface area contributed by atoms with Gasteiger partial charge in [0.2, 0.25) is 0 Å². The van der Waals surface area contributed by atoms with Gasteiger partial charge >= 0.3 is 7.12 Å². The van der Waals surface area contributed by atoms with Crippen LogP contribution in [0.1, 0.15) is 33.3 Å².